The third-order valence-corrected chi connectivity index (χ3v) is 6.50. The highest BCUT2D eigenvalue weighted by molar-refractivity contribution is 8.17. The molecule has 2 aromatic carbocycles. The van der Waals surface area contributed by atoms with Crippen LogP contribution in [0.1, 0.15) is 18.1 Å². The lowest BCUT2D eigenvalue weighted by Crippen LogP contribution is -2.40. The lowest BCUT2D eigenvalue weighted by Gasteiger charge is -2.33. The van der Waals surface area contributed by atoms with Crippen molar-refractivity contribution in [2.24, 2.45) is 5.10 Å². The molecule has 0 aromatic heterocycles. The molecule has 6 nitrogen and oxygen atoms in total. The van der Waals surface area contributed by atoms with Gasteiger partial charge in [-0.2, -0.15) is 5.10 Å². The van der Waals surface area contributed by atoms with Gasteiger partial charge in [-0.05, 0) is 55.5 Å². The van der Waals surface area contributed by atoms with Crippen LogP contribution in [0.15, 0.2) is 58.5 Å². The van der Waals surface area contributed by atoms with Gasteiger partial charge in [-0.25, -0.2) is 0 Å². The Labute approximate surface area is 188 Å². The molecule has 0 N–H and O–H groups in total. The van der Waals surface area contributed by atoms with E-state index in [0.717, 1.165) is 72.8 Å². The smallest absolute Gasteiger partial charge is 0.128 e. The zero-order chi connectivity index (χ0) is 21.6. The number of nitrogens with zero attached hydrogens (tertiary/aromatic N) is 3. The zero-order valence-corrected chi connectivity index (χ0v) is 19.2. The normalized spacial score (nSPS) is 17.5. The van der Waals surface area contributed by atoms with Crippen LogP contribution in [0.2, 0.25) is 0 Å². The van der Waals surface area contributed by atoms with E-state index in [1.54, 1.807) is 26.0 Å². The van der Waals surface area contributed by atoms with Crippen LogP contribution in [0.5, 0.6) is 11.5 Å². The molecule has 2 heterocycles. The standard InChI is InChI=1S/C24H29N3O3S/c1-18-23(19-4-8-21(28-2)9-5-19)27(13-12-26-14-16-30-17-15-26)25-24(31-18)20-6-10-22(29-3)11-7-20/h4-11H,12-17H2,1-3H3. The van der Waals surface area contributed by atoms with Gasteiger partial charge in [0.1, 0.15) is 16.5 Å². The molecule has 164 valence electrons. The molecule has 0 saturated carbocycles. The Morgan fingerprint density at radius 3 is 2.03 bits per heavy atom. The summed E-state index contributed by atoms with van der Waals surface area (Å²) in [5.41, 5.74) is 3.39. The highest BCUT2D eigenvalue weighted by atomic mass is 32.2. The number of hydrazone groups is 1. The lowest BCUT2D eigenvalue weighted by atomic mass is 10.1. The highest BCUT2D eigenvalue weighted by Crippen LogP contribution is 2.37. The maximum Gasteiger partial charge on any atom is 0.128 e. The van der Waals surface area contributed by atoms with Crippen LogP contribution < -0.4 is 9.47 Å². The Kier molecular flexibility index (Phi) is 7.17. The summed E-state index contributed by atoms with van der Waals surface area (Å²) in [6.45, 7) is 7.48. The predicted molar refractivity (Wildman–Crippen MR) is 127 cm³/mol. The van der Waals surface area contributed by atoms with Gasteiger partial charge in [0.05, 0.1) is 39.7 Å². The van der Waals surface area contributed by atoms with Crippen molar-refractivity contribution >= 4 is 22.5 Å². The molecule has 0 unspecified atom stereocenters. The van der Waals surface area contributed by atoms with Crippen LogP contribution in [0.3, 0.4) is 0 Å². The van der Waals surface area contributed by atoms with Crippen molar-refractivity contribution in [3.63, 3.8) is 0 Å². The summed E-state index contributed by atoms with van der Waals surface area (Å²) in [5, 5.41) is 8.22. The maximum absolute atomic E-state index is 5.50. The maximum atomic E-state index is 5.50. The van der Waals surface area contributed by atoms with Gasteiger partial charge in [0, 0.05) is 35.7 Å². The summed E-state index contributed by atoms with van der Waals surface area (Å²) in [7, 11) is 3.37. The number of hydrogen-bond acceptors (Lipinski definition) is 7. The number of ether oxygens (including phenoxy) is 3. The van der Waals surface area contributed by atoms with Gasteiger partial charge in [0.2, 0.25) is 0 Å². The summed E-state index contributed by atoms with van der Waals surface area (Å²) in [6.07, 6.45) is 0. The van der Waals surface area contributed by atoms with Gasteiger partial charge in [-0.15, -0.1) is 0 Å². The summed E-state index contributed by atoms with van der Waals surface area (Å²) in [4.78, 5) is 3.67. The Morgan fingerprint density at radius 1 is 0.871 bits per heavy atom. The molecule has 0 radical (unpaired) electrons. The first-order valence-corrected chi connectivity index (χ1v) is 11.3. The molecule has 4 rings (SSSR count). The minimum atomic E-state index is 0.802. The number of morpholine rings is 1. The number of benzene rings is 2. The van der Waals surface area contributed by atoms with E-state index in [4.69, 9.17) is 19.3 Å². The van der Waals surface area contributed by atoms with Crippen molar-refractivity contribution in [2.45, 2.75) is 6.92 Å². The Hall–Kier alpha value is -2.48. The molecule has 31 heavy (non-hydrogen) atoms. The largest absolute Gasteiger partial charge is 0.497 e. The van der Waals surface area contributed by atoms with E-state index in [-0.39, 0.29) is 0 Å². The molecule has 1 fully saturated rings. The van der Waals surface area contributed by atoms with Crippen molar-refractivity contribution < 1.29 is 14.2 Å². The van der Waals surface area contributed by atoms with E-state index in [9.17, 15) is 0 Å². The van der Waals surface area contributed by atoms with Crippen molar-refractivity contribution in [2.75, 3.05) is 53.6 Å². The predicted octanol–water partition coefficient (Wildman–Crippen LogP) is 4.14. The molecule has 0 spiro atoms. The molecule has 0 atom stereocenters. The second-order valence-corrected chi connectivity index (χ2v) is 8.65. The third kappa shape index (κ3) is 5.23. The van der Waals surface area contributed by atoms with Crippen molar-refractivity contribution in [3.05, 3.63) is 64.6 Å². The average molecular weight is 440 g/mol. The van der Waals surface area contributed by atoms with Crippen LogP contribution in [0.25, 0.3) is 5.70 Å². The third-order valence-electron chi connectivity index (χ3n) is 5.49. The van der Waals surface area contributed by atoms with Gasteiger partial charge in [-0.1, -0.05) is 11.8 Å². The monoisotopic (exact) mass is 439 g/mol. The fourth-order valence-corrected chi connectivity index (χ4v) is 4.73. The van der Waals surface area contributed by atoms with E-state index in [1.807, 2.05) is 24.3 Å². The summed E-state index contributed by atoms with van der Waals surface area (Å²) >= 11 is 1.71. The molecular weight excluding hydrogens is 410 g/mol. The van der Waals surface area contributed by atoms with E-state index in [2.05, 4.69) is 41.1 Å². The lowest BCUT2D eigenvalue weighted by molar-refractivity contribution is 0.0357. The molecule has 0 aliphatic carbocycles. The Morgan fingerprint density at radius 2 is 1.45 bits per heavy atom. The minimum absolute atomic E-state index is 0.802. The van der Waals surface area contributed by atoms with E-state index < -0.39 is 0 Å². The van der Waals surface area contributed by atoms with Gasteiger partial charge >= 0.3 is 0 Å². The second kappa shape index (κ2) is 10.2. The quantitative estimate of drug-likeness (QED) is 0.646. The number of methoxy groups -OCH3 is 2. The SMILES string of the molecule is COc1ccc(C2=NN(CCN3CCOCC3)C(c3ccc(OC)cc3)=C(C)S2)cc1. The number of allylic oxidation sites excluding steroid dienone is 1. The van der Waals surface area contributed by atoms with Gasteiger partial charge in [-0.3, -0.25) is 9.91 Å². The molecule has 0 amide bonds. The number of rotatable bonds is 7. The zero-order valence-electron chi connectivity index (χ0n) is 18.3. The fourth-order valence-electron chi connectivity index (χ4n) is 3.73. The average Bonchev–Trinajstić information content (AvgIpc) is 2.83. The molecule has 7 heteroatoms. The van der Waals surface area contributed by atoms with Crippen molar-refractivity contribution in [3.8, 4) is 11.5 Å². The first-order valence-electron chi connectivity index (χ1n) is 10.5. The number of hydrogen-bond donors (Lipinski definition) is 0. The topological polar surface area (TPSA) is 46.5 Å². The van der Waals surface area contributed by atoms with E-state index in [1.165, 1.54) is 4.91 Å². The summed E-state index contributed by atoms with van der Waals surface area (Å²) in [5.74, 6) is 1.70. The van der Waals surface area contributed by atoms with Crippen LogP contribution in [0, 0.1) is 0 Å². The molecule has 1 saturated heterocycles. The molecule has 2 aliphatic heterocycles. The van der Waals surface area contributed by atoms with Crippen LogP contribution in [0.4, 0.5) is 0 Å². The number of thioether (sulfide) groups is 1. The van der Waals surface area contributed by atoms with Gasteiger partial charge in [0.15, 0.2) is 0 Å². The van der Waals surface area contributed by atoms with Crippen LogP contribution >= 0.6 is 11.8 Å². The summed E-state index contributed by atoms with van der Waals surface area (Å²) < 4.78 is 16.1. The van der Waals surface area contributed by atoms with E-state index in [0.29, 0.717) is 0 Å². The van der Waals surface area contributed by atoms with Gasteiger partial charge in [0.25, 0.3) is 0 Å². The van der Waals surface area contributed by atoms with E-state index >= 15 is 0 Å². The van der Waals surface area contributed by atoms with Crippen molar-refractivity contribution in [1.29, 1.82) is 0 Å². The molecule has 0 bridgehead atoms. The second-order valence-electron chi connectivity index (χ2n) is 7.45. The first-order chi connectivity index (χ1) is 15.2. The molecular formula is C24H29N3O3S. The Bertz CT molecular complexity index is 936. The Balaban J connectivity index is 1.61. The summed E-state index contributed by atoms with van der Waals surface area (Å²) in [6, 6.07) is 16.3. The highest BCUT2D eigenvalue weighted by Gasteiger charge is 2.24. The van der Waals surface area contributed by atoms with Crippen LogP contribution in [-0.2, 0) is 4.74 Å². The fraction of sp³-hybridized carbons (Fsp3) is 0.375. The van der Waals surface area contributed by atoms with Gasteiger partial charge < -0.3 is 14.2 Å². The van der Waals surface area contributed by atoms with Crippen LogP contribution in [-0.4, -0.2) is 68.6 Å². The minimum Gasteiger partial charge on any atom is -0.497 e. The van der Waals surface area contributed by atoms with Crippen molar-refractivity contribution in [1.82, 2.24) is 9.91 Å². The molecule has 2 aliphatic rings. The molecule has 2 aromatic rings. The first kappa shape index (κ1) is 21.7.